The van der Waals surface area contributed by atoms with Gasteiger partial charge in [0.25, 0.3) is 0 Å². The fourth-order valence-electron chi connectivity index (χ4n) is 0.965. The van der Waals surface area contributed by atoms with Crippen LogP contribution in [0.25, 0.3) is 0 Å². The smallest absolute Gasteiger partial charge is 0.129 e. The lowest BCUT2D eigenvalue weighted by Crippen LogP contribution is -2.23. The van der Waals surface area contributed by atoms with Crippen molar-refractivity contribution in [1.82, 2.24) is 5.32 Å². The van der Waals surface area contributed by atoms with Gasteiger partial charge >= 0.3 is 0 Å². The van der Waals surface area contributed by atoms with Gasteiger partial charge in [0.05, 0.1) is 12.4 Å². The third-order valence-corrected chi connectivity index (χ3v) is 1.58. The second-order valence-electron chi connectivity index (χ2n) is 2.76. The molecule has 1 N–H and O–H groups in total. The summed E-state index contributed by atoms with van der Waals surface area (Å²) in [5.74, 6) is 0.873. The molecule has 3 nitrogen and oxygen atoms in total. The number of ether oxygens (including phenoxy) is 1. The molecule has 0 bridgehead atoms. The second kappa shape index (κ2) is 4.95. The van der Waals surface area contributed by atoms with Gasteiger partial charge in [-0.2, -0.15) is 0 Å². The van der Waals surface area contributed by atoms with E-state index in [2.05, 4.69) is 5.32 Å². The Morgan fingerprint density at radius 1 is 1.67 bits per heavy atom. The molecule has 0 aliphatic heterocycles. The van der Waals surface area contributed by atoms with Gasteiger partial charge in [-0.1, -0.05) is 0 Å². The lowest BCUT2D eigenvalue weighted by molar-refractivity contribution is 0.0441. The van der Waals surface area contributed by atoms with Crippen molar-refractivity contribution >= 4 is 0 Å². The SMILES string of the molecule is CNCC(C)OCc1ccco1. The molecule has 0 saturated heterocycles. The van der Waals surface area contributed by atoms with Crippen LogP contribution in [0.4, 0.5) is 0 Å². The predicted octanol–water partition coefficient (Wildman–Crippen LogP) is 1.40. The van der Waals surface area contributed by atoms with Crippen LogP contribution in [0.3, 0.4) is 0 Å². The largest absolute Gasteiger partial charge is 0.467 e. The molecule has 0 radical (unpaired) electrons. The second-order valence-corrected chi connectivity index (χ2v) is 2.76. The van der Waals surface area contributed by atoms with Crippen LogP contribution in [0.2, 0.25) is 0 Å². The zero-order valence-electron chi connectivity index (χ0n) is 7.54. The summed E-state index contributed by atoms with van der Waals surface area (Å²) >= 11 is 0. The summed E-state index contributed by atoms with van der Waals surface area (Å²) in [5.41, 5.74) is 0. The average molecular weight is 169 g/mol. The number of hydrogen-bond acceptors (Lipinski definition) is 3. The van der Waals surface area contributed by atoms with Crippen LogP contribution in [0.15, 0.2) is 22.8 Å². The van der Waals surface area contributed by atoms with Gasteiger partial charge in [0.2, 0.25) is 0 Å². The molecule has 3 heteroatoms. The van der Waals surface area contributed by atoms with Crippen LogP contribution in [-0.4, -0.2) is 19.7 Å². The summed E-state index contributed by atoms with van der Waals surface area (Å²) in [4.78, 5) is 0. The highest BCUT2D eigenvalue weighted by atomic mass is 16.5. The zero-order chi connectivity index (χ0) is 8.81. The Balaban J connectivity index is 2.17. The lowest BCUT2D eigenvalue weighted by Gasteiger charge is -2.10. The molecule has 0 spiro atoms. The van der Waals surface area contributed by atoms with E-state index in [4.69, 9.17) is 9.15 Å². The van der Waals surface area contributed by atoms with Gasteiger partial charge in [0.1, 0.15) is 12.4 Å². The van der Waals surface area contributed by atoms with Crippen LogP contribution >= 0.6 is 0 Å². The van der Waals surface area contributed by atoms with Gasteiger partial charge in [-0.05, 0) is 26.1 Å². The first kappa shape index (κ1) is 9.29. The highest BCUT2D eigenvalue weighted by molar-refractivity contribution is 4.96. The van der Waals surface area contributed by atoms with Crippen molar-refractivity contribution in [2.45, 2.75) is 19.6 Å². The van der Waals surface area contributed by atoms with Crippen LogP contribution in [0.5, 0.6) is 0 Å². The minimum atomic E-state index is 0.222. The summed E-state index contributed by atoms with van der Waals surface area (Å²) in [7, 11) is 1.91. The quantitative estimate of drug-likeness (QED) is 0.723. The maximum Gasteiger partial charge on any atom is 0.129 e. The first-order chi connectivity index (χ1) is 5.83. The Kier molecular flexibility index (Phi) is 3.84. The predicted molar refractivity (Wildman–Crippen MR) is 46.9 cm³/mol. The van der Waals surface area contributed by atoms with Gasteiger partial charge < -0.3 is 14.5 Å². The number of nitrogens with one attached hydrogen (secondary N) is 1. The van der Waals surface area contributed by atoms with E-state index in [0.717, 1.165) is 12.3 Å². The maximum absolute atomic E-state index is 5.47. The molecule has 1 aromatic heterocycles. The van der Waals surface area contributed by atoms with E-state index in [1.807, 2.05) is 26.1 Å². The summed E-state index contributed by atoms with van der Waals surface area (Å²) in [6.45, 7) is 3.44. The van der Waals surface area contributed by atoms with Gasteiger partial charge in [-0.3, -0.25) is 0 Å². The number of furan rings is 1. The van der Waals surface area contributed by atoms with Crippen LogP contribution in [0, 0.1) is 0 Å². The summed E-state index contributed by atoms with van der Waals surface area (Å²) in [5, 5.41) is 3.04. The standard InChI is InChI=1S/C9H15NO2/c1-8(6-10-2)12-7-9-4-3-5-11-9/h3-5,8,10H,6-7H2,1-2H3. The molecule has 68 valence electrons. The fourth-order valence-corrected chi connectivity index (χ4v) is 0.965. The normalized spacial score (nSPS) is 13.2. The first-order valence-electron chi connectivity index (χ1n) is 4.11. The third kappa shape index (κ3) is 3.07. The van der Waals surface area contributed by atoms with E-state index >= 15 is 0 Å². The molecule has 1 rings (SSSR count). The van der Waals surface area contributed by atoms with Crippen molar-refractivity contribution in [2.24, 2.45) is 0 Å². The minimum Gasteiger partial charge on any atom is -0.467 e. The first-order valence-corrected chi connectivity index (χ1v) is 4.11. The third-order valence-electron chi connectivity index (χ3n) is 1.58. The van der Waals surface area contributed by atoms with E-state index in [9.17, 15) is 0 Å². The highest BCUT2D eigenvalue weighted by Gasteiger charge is 2.01. The van der Waals surface area contributed by atoms with Crippen LogP contribution in [0.1, 0.15) is 12.7 Å². The minimum absolute atomic E-state index is 0.222. The van der Waals surface area contributed by atoms with Crippen molar-refractivity contribution in [2.75, 3.05) is 13.6 Å². The summed E-state index contributed by atoms with van der Waals surface area (Å²) in [6, 6.07) is 3.77. The van der Waals surface area contributed by atoms with Crippen molar-refractivity contribution in [3.05, 3.63) is 24.2 Å². The number of rotatable bonds is 5. The van der Waals surface area contributed by atoms with Gasteiger partial charge in [-0.15, -0.1) is 0 Å². The molecular formula is C9H15NO2. The molecule has 1 atom stereocenters. The van der Waals surface area contributed by atoms with Crippen molar-refractivity contribution in [1.29, 1.82) is 0 Å². The van der Waals surface area contributed by atoms with Crippen LogP contribution < -0.4 is 5.32 Å². The van der Waals surface area contributed by atoms with E-state index in [1.165, 1.54) is 0 Å². The molecule has 1 aromatic rings. The monoisotopic (exact) mass is 169 g/mol. The Morgan fingerprint density at radius 3 is 3.08 bits per heavy atom. The molecule has 0 amide bonds. The van der Waals surface area contributed by atoms with E-state index in [0.29, 0.717) is 6.61 Å². The fraction of sp³-hybridized carbons (Fsp3) is 0.556. The summed E-state index contributed by atoms with van der Waals surface area (Å²) < 4.78 is 10.6. The Labute approximate surface area is 72.7 Å². The molecular weight excluding hydrogens is 154 g/mol. The number of hydrogen-bond donors (Lipinski definition) is 1. The van der Waals surface area contributed by atoms with Gasteiger partial charge in [-0.25, -0.2) is 0 Å². The van der Waals surface area contributed by atoms with Crippen molar-refractivity contribution in [3.63, 3.8) is 0 Å². The van der Waals surface area contributed by atoms with E-state index in [1.54, 1.807) is 6.26 Å². The van der Waals surface area contributed by atoms with E-state index in [-0.39, 0.29) is 6.10 Å². The molecule has 0 aliphatic rings. The molecule has 0 fully saturated rings. The highest BCUT2D eigenvalue weighted by Crippen LogP contribution is 2.03. The van der Waals surface area contributed by atoms with Gasteiger partial charge in [0.15, 0.2) is 0 Å². The Bertz CT molecular complexity index is 196. The van der Waals surface area contributed by atoms with Gasteiger partial charge in [0, 0.05) is 6.54 Å². The molecule has 1 heterocycles. The van der Waals surface area contributed by atoms with E-state index < -0.39 is 0 Å². The van der Waals surface area contributed by atoms with Crippen molar-refractivity contribution in [3.8, 4) is 0 Å². The van der Waals surface area contributed by atoms with Crippen molar-refractivity contribution < 1.29 is 9.15 Å². The van der Waals surface area contributed by atoms with Crippen LogP contribution in [-0.2, 0) is 11.3 Å². The zero-order valence-corrected chi connectivity index (χ0v) is 7.54. The average Bonchev–Trinajstić information content (AvgIpc) is 2.53. The molecule has 1 unspecified atom stereocenters. The Morgan fingerprint density at radius 2 is 2.50 bits per heavy atom. The maximum atomic E-state index is 5.47. The molecule has 12 heavy (non-hydrogen) atoms. The molecule has 0 aromatic carbocycles. The Hall–Kier alpha value is -0.800. The topological polar surface area (TPSA) is 34.4 Å². The summed E-state index contributed by atoms with van der Waals surface area (Å²) in [6.07, 6.45) is 1.88. The number of likely N-dealkylation sites (N-methyl/N-ethyl adjacent to an activating group) is 1. The molecule has 0 saturated carbocycles. The molecule has 0 aliphatic carbocycles. The lowest BCUT2D eigenvalue weighted by atomic mass is 10.4.